The number of para-hydroxylation sites is 1. The van der Waals surface area contributed by atoms with E-state index >= 15 is 0 Å². The van der Waals surface area contributed by atoms with Gasteiger partial charge in [0, 0.05) is 42.5 Å². The number of hydrogen-bond donors (Lipinski definition) is 1. The van der Waals surface area contributed by atoms with E-state index in [0.717, 1.165) is 22.8 Å². The van der Waals surface area contributed by atoms with E-state index in [1.165, 1.54) is 0 Å². The van der Waals surface area contributed by atoms with Gasteiger partial charge in [0.15, 0.2) is 5.82 Å². The fourth-order valence-electron chi connectivity index (χ4n) is 3.40. The lowest BCUT2D eigenvalue weighted by molar-refractivity contribution is 0.208. The molecule has 2 aromatic carbocycles. The van der Waals surface area contributed by atoms with Gasteiger partial charge in [-0.3, -0.25) is 0 Å². The highest BCUT2D eigenvalue weighted by molar-refractivity contribution is 6.30. The average molecular weight is 424 g/mol. The van der Waals surface area contributed by atoms with Crippen LogP contribution in [0, 0.1) is 0 Å². The second kappa shape index (κ2) is 9.00. The monoisotopic (exact) mass is 423 g/mol. The van der Waals surface area contributed by atoms with Gasteiger partial charge < -0.3 is 19.9 Å². The molecular weight excluding hydrogens is 402 g/mol. The first-order valence-corrected chi connectivity index (χ1v) is 10.1. The summed E-state index contributed by atoms with van der Waals surface area (Å²) in [5.74, 6) is 1.56. The number of anilines is 2. The van der Waals surface area contributed by atoms with E-state index in [2.05, 4.69) is 20.4 Å². The molecule has 0 aliphatic carbocycles. The third-order valence-electron chi connectivity index (χ3n) is 5.00. The number of ether oxygens (including phenoxy) is 1. The van der Waals surface area contributed by atoms with Crippen molar-refractivity contribution in [3.8, 4) is 17.0 Å². The van der Waals surface area contributed by atoms with Crippen LogP contribution in [0.4, 0.5) is 16.3 Å². The van der Waals surface area contributed by atoms with Crippen molar-refractivity contribution in [3.05, 3.63) is 65.7 Å². The summed E-state index contributed by atoms with van der Waals surface area (Å²) < 4.78 is 5.40. The molecule has 30 heavy (non-hydrogen) atoms. The molecule has 0 saturated carbocycles. The number of hydrogen-bond acceptors (Lipinski definition) is 5. The number of rotatable bonds is 4. The van der Waals surface area contributed by atoms with Crippen LogP contribution in [0.15, 0.2) is 60.7 Å². The topological polar surface area (TPSA) is 70.6 Å². The Morgan fingerprint density at radius 1 is 1.00 bits per heavy atom. The number of carbonyl (C=O) groups is 1. The number of urea groups is 1. The lowest BCUT2D eigenvalue weighted by Gasteiger charge is -2.35. The molecule has 154 valence electrons. The van der Waals surface area contributed by atoms with Gasteiger partial charge in [-0.15, -0.1) is 10.2 Å². The third-order valence-corrected chi connectivity index (χ3v) is 5.24. The number of aromatic nitrogens is 2. The van der Waals surface area contributed by atoms with E-state index in [4.69, 9.17) is 16.3 Å². The smallest absolute Gasteiger partial charge is 0.321 e. The molecule has 1 aliphatic heterocycles. The van der Waals surface area contributed by atoms with Crippen molar-refractivity contribution < 1.29 is 9.53 Å². The zero-order valence-electron chi connectivity index (χ0n) is 16.6. The number of amides is 2. The summed E-state index contributed by atoms with van der Waals surface area (Å²) in [4.78, 5) is 16.4. The largest absolute Gasteiger partial charge is 0.496 e. The quantitative estimate of drug-likeness (QED) is 0.682. The summed E-state index contributed by atoms with van der Waals surface area (Å²) in [5.41, 5.74) is 2.35. The van der Waals surface area contributed by atoms with Crippen molar-refractivity contribution in [2.24, 2.45) is 0 Å². The van der Waals surface area contributed by atoms with Crippen LogP contribution < -0.4 is 15.0 Å². The highest BCUT2D eigenvalue weighted by atomic mass is 35.5. The molecule has 1 aromatic heterocycles. The van der Waals surface area contributed by atoms with E-state index < -0.39 is 0 Å². The minimum Gasteiger partial charge on any atom is -0.496 e. The number of nitrogens with zero attached hydrogens (tertiary/aromatic N) is 4. The molecule has 1 N–H and O–H groups in total. The van der Waals surface area contributed by atoms with Crippen molar-refractivity contribution in [3.63, 3.8) is 0 Å². The zero-order chi connectivity index (χ0) is 20.9. The van der Waals surface area contributed by atoms with Gasteiger partial charge in [0.05, 0.1) is 12.8 Å². The van der Waals surface area contributed by atoms with Crippen molar-refractivity contribution in [1.82, 2.24) is 15.1 Å². The first kappa shape index (κ1) is 20.0. The van der Waals surface area contributed by atoms with Gasteiger partial charge in [-0.05, 0) is 42.5 Å². The minimum atomic E-state index is -0.130. The highest BCUT2D eigenvalue weighted by Gasteiger charge is 2.22. The summed E-state index contributed by atoms with van der Waals surface area (Å²) >= 11 is 5.98. The van der Waals surface area contributed by atoms with E-state index in [0.29, 0.717) is 36.9 Å². The third kappa shape index (κ3) is 4.46. The van der Waals surface area contributed by atoms with Gasteiger partial charge in [0.1, 0.15) is 5.75 Å². The highest BCUT2D eigenvalue weighted by Crippen LogP contribution is 2.28. The average Bonchev–Trinajstić information content (AvgIpc) is 2.79. The van der Waals surface area contributed by atoms with Crippen LogP contribution in [0.2, 0.25) is 5.02 Å². The predicted octanol–water partition coefficient (Wildman–Crippen LogP) is 4.16. The van der Waals surface area contributed by atoms with Crippen LogP contribution in [0.1, 0.15) is 0 Å². The van der Waals surface area contributed by atoms with Crippen LogP contribution in [0.3, 0.4) is 0 Å². The zero-order valence-corrected chi connectivity index (χ0v) is 17.3. The Bertz CT molecular complexity index is 1020. The molecule has 1 aliphatic rings. The van der Waals surface area contributed by atoms with Gasteiger partial charge in [-0.1, -0.05) is 29.8 Å². The van der Waals surface area contributed by atoms with Crippen molar-refractivity contribution in [2.45, 2.75) is 0 Å². The first-order valence-electron chi connectivity index (χ1n) is 9.67. The summed E-state index contributed by atoms with van der Waals surface area (Å²) in [5, 5.41) is 12.2. The molecule has 7 nitrogen and oxygen atoms in total. The molecule has 3 aromatic rings. The maximum Gasteiger partial charge on any atom is 0.321 e. The number of benzene rings is 2. The Morgan fingerprint density at radius 3 is 2.50 bits per heavy atom. The first-order chi connectivity index (χ1) is 14.6. The van der Waals surface area contributed by atoms with Crippen molar-refractivity contribution in [2.75, 3.05) is 43.5 Å². The van der Waals surface area contributed by atoms with Gasteiger partial charge in [0.25, 0.3) is 0 Å². The molecule has 1 saturated heterocycles. The van der Waals surface area contributed by atoms with Crippen molar-refractivity contribution in [1.29, 1.82) is 0 Å². The summed E-state index contributed by atoms with van der Waals surface area (Å²) in [6, 6.07) is 18.6. The number of halogens is 1. The minimum absolute atomic E-state index is 0.130. The lowest BCUT2D eigenvalue weighted by Crippen LogP contribution is -2.50. The summed E-state index contributed by atoms with van der Waals surface area (Å²) in [6.45, 7) is 2.57. The molecule has 0 spiro atoms. The predicted molar refractivity (Wildman–Crippen MR) is 118 cm³/mol. The van der Waals surface area contributed by atoms with E-state index in [-0.39, 0.29) is 6.03 Å². The summed E-state index contributed by atoms with van der Waals surface area (Å²) in [6.07, 6.45) is 0. The van der Waals surface area contributed by atoms with Crippen LogP contribution in [-0.2, 0) is 0 Å². The standard InChI is InChI=1S/C22H22ClN5O2/c1-30-20-8-3-2-7-18(20)19-9-10-21(26-25-19)27-11-13-28(14-12-27)22(29)24-17-6-4-5-16(23)15-17/h2-10,15H,11-14H2,1H3,(H,24,29). The Kier molecular flexibility index (Phi) is 5.99. The van der Waals surface area contributed by atoms with Gasteiger partial charge in [-0.2, -0.15) is 0 Å². The molecule has 8 heteroatoms. The summed E-state index contributed by atoms with van der Waals surface area (Å²) in [7, 11) is 1.64. The molecule has 0 unspecified atom stereocenters. The molecular formula is C22H22ClN5O2. The van der Waals surface area contributed by atoms with E-state index in [9.17, 15) is 4.79 Å². The number of methoxy groups -OCH3 is 1. The van der Waals surface area contributed by atoms with E-state index in [1.807, 2.05) is 48.5 Å². The molecule has 0 bridgehead atoms. The Hall–Kier alpha value is -3.32. The number of nitrogens with one attached hydrogen (secondary N) is 1. The second-order valence-electron chi connectivity index (χ2n) is 6.89. The fourth-order valence-corrected chi connectivity index (χ4v) is 3.59. The van der Waals surface area contributed by atoms with Gasteiger partial charge in [-0.25, -0.2) is 4.79 Å². The number of carbonyl (C=O) groups excluding carboxylic acids is 1. The van der Waals surface area contributed by atoms with Crippen LogP contribution in [0.5, 0.6) is 5.75 Å². The Labute approximate surface area is 180 Å². The van der Waals surface area contributed by atoms with Gasteiger partial charge >= 0.3 is 6.03 Å². The molecule has 0 radical (unpaired) electrons. The van der Waals surface area contributed by atoms with Crippen LogP contribution in [-0.4, -0.2) is 54.4 Å². The molecule has 2 heterocycles. The lowest BCUT2D eigenvalue weighted by atomic mass is 10.1. The normalized spacial score (nSPS) is 13.8. The fraction of sp³-hybridized carbons (Fsp3) is 0.227. The molecule has 1 fully saturated rings. The van der Waals surface area contributed by atoms with E-state index in [1.54, 1.807) is 24.1 Å². The van der Waals surface area contributed by atoms with Crippen molar-refractivity contribution >= 4 is 29.1 Å². The molecule has 4 rings (SSSR count). The molecule has 2 amide bonds. The molecule has 0 atom stereocenters. The van der Waals surface area contributed by atoms with Crippen LogP contribution >= 0.6 is 11.6 Å². The maximum atomic E-state index is 12.5. The van der Waals surface area contributed by atoms with Crippen LogP contribution in [0.25, 0.3) is 11.3 Å². The maximum absolute atomic E-state index is 12.5. The SMILES string of the molecule is COc1ccccc1-c1ccc(N2CCN(C(=O)Nc3cccc(Cl)c3)CC2)nn1. The number of piperazine rings is 1. The second-order valence-corrected chi connectivity index (χ2v) is 7.33. The van der Waals surface area contributed by atoms with Gasteiger partial charge in [0.2, 0.25) is 0 Å². The Balaban J connectivity index is 1.36. The Morgan fingerprint density at radius 2 is 1.80 bits per heavy atom.